The Morgan fingerprint density at radius 3 is 2.10 bits per heavy atom. The molecule has 5 heteroatoms. The van der Waals surface area contributed by atoms with Crippen molar-refractivity contribution in [3.63, 3.8) is 0 Å². The lowest BCUT2D eigenvalue weighted by molar-refractivity contribution is -0.0487. The van der Waals surface area contributed by atoms with Crippen molar-refractivity contribution >= 4 is 0 Å². The molecule has 1 atom stereocenters. The van der Waals surface area contributed by atoms with Crippen LogP contribution in [-0.4, -0.2) is 26.9 Å². The Morgan fingerprint density at radius 2 is 1.70 bits per heavy atom. The molecule has 0 aromatic heterocycles. The van der Waals surface area contributed by atoms with Gasteiger partial charge in [0.05, 0.1) is 25.9 Å². The minimum absolute atomic E-state index is 0.123. The molecule has 1 unspecified atom stereocenters. The van der Waals surface area contributed by atoms with Gasteiger partial charge in [0.2, 0.25) is 0 Å². The van der Waals surface area contributed by atoms with Crippen LogP contribution in [0.4, 0.5) is 0 Å². The Bertz CT molecular complexity index is 411. The number of hydrazine groups is 1. The Hall–Kier alpha value is -1.30. The number of rotatable bonds is 8. The Kier molecular flexibility index (Phi) is 6.26. The molecule has 0 amide bonds. The summed E-state index contributed by atoms with van der Waals surface area (Å²) in [5.74, 6) is 7.16. The molecule has 0 spiro atoms. The summed E-state index contributed by atoms with van der Waals surface area (Å²) < 4.78 is 16.4. The van der Waals surface area contributed by atoms with Crippen molar-refractivity contribution in [1.82, 2.24) is 5.43 Å². The lowest BCUT2D eigenvalue weighted by Crippen LogP contribution is -2.47. The standard InChI is InChI=1S/C15H26N2O3/c1-6-15(7-2,20-5)14(17-16)11-8-9-12(18-3)13(10-11)19-4/h8-10,14,17H,6-7,16H2,1-5H3. The van der Waals surface area contributed by atoms with E-state index in [0.717, 1.165) is 18.4 Å². The van der Waals surface area contributed by atoms with Gasteiger partial charge in [0, 0.05) is 7.11 Å². The van der Waals surface area contributed by atoms with E-state index in [-0.39, 0.29) is 11.6 Å². The summed E-state index contributed by atoms with van der Waals surface area (Å²) in [4.78, 5) is 0. The van der Waals surface area contributed by atoms with Crippen molar-refractivity contribution in [2.24, 2.45) is 5.84 Å². The highest BCUT2D eigenvalue weighted by molar-refractivity contribution is 5.44. The van der Waals surface area contributed by atoms with E-state index in [4.69, 9.17) is 20.1 Å². The van der Waals surface area contributed by atoms with Gasteiger partial charge < -0.3 is 14.2 Å². The largest absolute Gasteiger partial charge is 0.493 e. The normalized spacial score (nSPS) is 13.1. The van der Waals surface area contributed by atoms with E-state index < -0.39 is 0 Å². The van der Waals surface area contributed by atoms with Crippen LogP contribution in [0.5, 0.6) is 11.5 Å². The van der Waals surface area contributed by atoms with Crippen molar-refractivity contribution in [3.8, 4) is 11.5 Å². The van der Waals surface area contributed by atoms with Crippen molar-refractivity contribution in [2.75, 3.05) is 21.3 Å². The molecule has 0 bridgehead atoms. The second-order valence-corrected chi connectivity index (χ2v) is 4.69. The minimum Gasteiger partial charge on any atom is -0.493 e. The molecule has 0 heterocycles. The summed E-state index contributed by atoms with van der Waals surface area (Å²) in [5, 5.41) is 0. The van der Waals surface area contributed by atoms with E-state index in [2.05, 4.69) is 19.3 Å². The van der Waals surface area contributed by atoms with Gasteiger partial charge in [-0.3, -0.25) is 11.3 Å². The summed E-state index contributed by atoms with van der Waals surface area (Å²) in [7, 11) is 4.96. The van der Waals surface area contributed by atoms with E-state index >= 15 is 0 Å². The molecular weight excluding hydrogens is 256 g/mol. The highest BCUT2D eigenvalue weighted by atomic mass is 16.5. The molecular formula is C15H26N2O3. The lowest BCUT2D eigenvalue weighted by Gasteiger charge is -2.38. The van der Waals surface area contributed by atoms with Gasteiger partial charge >= 0.3 is 0 Å². The monoisotopic (exact) mass is 282 g/mol. The number of methoxy groups -OCH3 is 3. The first-order valence-corrected chi connectivity index (χ1v) is 6.85. The fourth-order valence-electron chi connectivity index (χ4n) is 2.65. The number of benzene rings is 1. The summed E-state index contributed by atoms with van der Waals surface area (Å²) in [6, 6.07) is 5.67. The molecule has 5 nitrogen and oxygen atoms in total. The molecule has 1 aromatic carbocycles. The van der Waals surface area contributed by atoms with Gasteiger partial charge in [-0.2, -0.15) is 0 Å². The molecule has 0 aliphatic rings. The molecule has 1 aromatic rings. The third-order valence-electron chi connectivity index (χ3n) is 4.04. The van der Waals surface area contributed by atoms with Crippen molar-refractivity contribution in [3.05, 3.63) is 23.8 Å². The maximum absolute atomic E-state index is 5.78. The van der Waals surface area contributed by atoms with Crippen LogP contribution < -0.4 is 20.7 Å². The van der Waals surface area contributed by atoms with E-state index in [1.807, 2.05) is 18.2 Å². The van der Waals surface area contributed by atoms with Gasteiger partial charge in [-0.05, 0) is 30.5 Å². The Labute approximate surface area is 121 Å². The van der Waals surface area contributed by atoms with Crippen LogP contribution in [0, 0.1) is 0 Å². The molecule has 114 valence electrons. The number of hydrogen-bond donors (Lipinski definition) is 2. The van der Waals surface area contributed by atoms with Crippen molar-refractivity contribution < 1.29 is 14.2 Å². The molecule has 0 aliphatic heterocycles. The smallest absolute Gasteiger partial charge is 0.161 e. The molecule has 3 N–H and O–H groups in total. The van der Waals surface area contributed by atoms with E-state index in [1.165, 1.54) is 0 Å². The minimum atomic E-state index is -0.353. The predicted octanol–water partition coefficient (Wildman–Crippen LogP) is 2.41. The lowest BCUT2D eigenvalue weighted by atomic mass is 9.84. The van der Waals surface area contributed by atoms with Crippen LogP contribution in [0.3, 0.4) is 0 Å². The average molecular weight is 282 g/mol. The Balaban J connectivity index is 3.24. The third-order valence-corrected chi connectivity index (χ3v) is 4.04. The quantitative estimate of drug-likeness (QED) is 0.566. The second kappa shape index (κ2) is 7.47. The molecule has 1 rings (SSSR count). The van der Waals surface area contributed by atoms with Gasteiger partial charge in [0.1, 0.15) is 0 Å². The Morgan fingerprint density at radius 1 is 1.10 bits per heavy atom. The number of ether oxygens (including phenoxy) is 3. The first-order valence-electron chi connectivity index (χ1n) is 6.85. The first-order chi connectivity index (χ1) is 9.62. The maximum atomic E-state index is 5.78. The summed E-state index contributed by atoms with van der Waals surface area (Å²) >= 11 is 0. The first kappa shape index (κ1) is 16.8. The molecule has 0 fully saturated rings. The van der Waals surface area contributed by atoms with Crippen molar-refractivity contribution in [2.45, 2.75) is 38.3 Å². The third kappa shape index (κ3) is 3.06. The highest BCUT2D eigenvalue weighted by Gasteiger charge is 2.36. The predicted molar refractivity (Wildman–Crippen MR) is 79.9 cm³/mol. The van der Waals surface area contributed by atoms with E-state index in [0.29, 0.717) is 11.5 Å². The zero-order valence-electron chi connectivity index (χ0n) is 13.0. The van der Waals surface area contributed by atoms with Crippen LogP contribution in [0.1, 0.15) is 38.3 Å². The zero-order valence-corrected chi connectivity index (χ0v) is 13.0. The summed E-state index contributed by atoms with van der Waals surface area (Å²) in [6.07, 6.45) is 1.70. The zero-order chi connectivity index (χ0) is 15.2. The summed E-state index contributed by atoms with van der Waals surface area (Å²) in [5.41, 5.74) is 3.54. The van der Waals surface area contributed by atoms with Gasteiger partial charge in [0.15, 0.2) is 11.5 Å². The molecule has 0 radical (unpaired) electrons. The second-order valence-electron chi connectivity index (χ2n) is 4.69. The van der Waals surface area contributed by atoms with Crippen LogP contribution in [0.15, 0.2) is 18.2 Å². The van der Waals surface area contributed by atoms with Gasteiger partial charge in [0.25, 0.3) is 0 Å². The van der Waals surface area contributed by atoms with Gasteiger partial charge in [-0.25, -0.2) is 0 Å². The summed E-state index contributed by atoms with van der Waals surface area (Å²) in [6.45, 7) is 4.19. The van der Waals surface area contributed by atoms with Crippen LogP contribution in [-0.2, 0) is 4.74 Å². The number of nitrogens with two attached hydrogens (primary N) is 1. The van der Waals surface area contributed by atoms with Crippen LogP contribution >= 0.6 is 0 Å². The molecule has 0 saturated heterocycles. The fourth-order valence-corrected chi connectivity index (χ4v) is 2.65. The van der Waals surface area contributed by atoms with Crippen LogP contribution in [0.25, 0.3) is 0 Å². The molecule has 0 aliphatic carbocycles. The average Bonchev–Trinajstić information content (AvgIpc) is 2.52. The van der Waals surface area contributed by atoms with Gasteiger partial charge in [-0.1, -0.05) is 19.9 Å². The fraction of sp³-hybridized carbons (Fsp3) is 0.600. The van der Waals surface area contributed by atoms with Gasteiger partial charge in [-0.15, -0.1) is 0 Å². The highest BCUT2D eigenvalue weighted by Crippen LogP contribution is 2.37. The van der Waals surface area contributed by atoms with Crippen molar-refractivity contribution in [1.29, 1.82) is 0 Å². The van der Waals surface area contributed by atoms with E-state index in [9.17, 15) is 0 Å². The van der Waals surface area contributed by atoms with Crippen LogP contribution in [0.2, 0.25) is 0 Å². The molecule has 20 heavy (non-hydrogen) atoms. The van der Waals surface area contributed by atoms with E-state index in [1.54, 1.807) is 21.3 Å². The topological polar surface area (TPSA) is 65.7 Å². The number of nitrogens with one attached hydrogen (secondary N) is 1. The molecule has 0 saturated carbocycles. The maximum Gasteiger partial charge on any atom is 0.161 e. The SMILES string of the molecule is CCC(CC)(OC)C(NN)c1ccc(OC)c(OC)c1. The number of hydrogen-bond acceptors (Lipinski definition) is 5.